The fraction of sp³-hybridized carbons (Fsp3) is 0.412. The average molecular weight is 287 g/mol. The molecule has 1 aliphatic rings. The molecule has 0 fully saturated rings. The fourth-order valence-electron chi connectivity index (χ4n) is 2.78. The van der Waals surface area contributed by atoms with Crippen LogP contribution in [0.15, 0.2) is 30.3 Å². The van der Waals surface area contributed by atoms with E-state index in [4.69, 9.17) is 4.74 Å². The lowest BCUT2D eigenvalue weighted by Gasteiger charge is -2.21. The zero-order valence-electron chi connectivity index (χ0n) is 12.3. The lowest BCUT2D eigenvalue weighted by molar-refractivity contribution is 0.157. The molecule has 0 spiro atoms. The van der Waals surface area contributed by atoms with Crippen molar-refractivity contribution in [1.29, 1.82) is 0 Å². The lowest BCUT2D eigenvalue weighted by atomic mass is 10.1. The summed E-state index contributed by atoms with van der Waals surface area (Å²) in [6.07, 6.45) is 0.236. The smallest absolute Gasteiger partial charge is 0.124 e. The molecule has 0 aliphatic carbocycles. The van der Waals surface area contributed by atoms with Gasteiger partial charge in [-0.1, -0.05) is 17.7 Å². The van der Waals surface area contributed by atoms with E-state index < -0.39 is 0 Å². The number of ether oxygens (including phenoxy) is 1. The molecule has 2 heterocycles. The summed E-state index contributed by atoms with van der Waals surface area (Å²) in [5.74, 6) is 1.05. The first-order chi connectivity index (χ1) is 9.60. The molecular formula is C17H21NOS. The number of aryl methyl sites for hydroxylation is 2. The van der Waals surface area contributed by atoms with E-state index in [0.29, 0.717) is 0 Å². The molecular weight excluding hydrogens is 266 g/mol. The summed E-state index contributed by atoms with van der Waals surface area (Å²) < 4.78 is 6.05. The molecule has 0 saturated heterocycles. The Kier molecular flexibility index (Phi) is 3.81. The van der Waals surface area contributed by atoms with Crippen molar-refractivity contribution in [3.05, 3.63) is 51.2 Å². The molecule has 2 aromatic rings. The molecule has 1 atom stereocenters. The van der Waals surface area contributed by atoms with Crippen molar-refractivity contribution >= 4 is 11.3 Å². The number of hydrogen-bond donors (Lipinski definition) is 0. The molecule has 0 N–H and O–H groups in total. The van der Waals surface area contributed by atoms with E-state index >= 15 is 0 Å². The van der Waals surface area contributed by atoms with Gasteiger partial charge in [0.1, 0.15) is 11.9 Å². The maximum Gasteiger partial charge on any atom is 0.124 e. The maximum absolute atomic E-state index is 6.05. The largest absolute Gasteiger partial charge is 0.489 e. The van der Waals surface area contributed by atoms with Gasteiger partial charge in [0.25, 0.3) is 0 Å². The van der Waals surface area contributed by atoms with Gasteiger partial charge in [-0.25, -0.2) is 0 Å². The first-order valence-corrected chi connectivity index (χ1v) is 7.95. The molecule has 0 saturated carbocycles. The van der Waals surface area contributed by atoms with Gasteiger partial charge in [-0.2, -0.15) is 0 Å². The highest BCUT2D eigenvalue weighted by molar-refractivity contribution is 7.11. The number of benzene rings is 1. The van der Waals surface area contributed by atoms with Crippen LogP contribution in [0, 0.1) is 13.8 Å². The van der Waals surface area contributed by atoms with E-state index in [2.05, 4.69) is 56.0 Å². The van der Waals surface area contributed by atoms with Gasteiger partial charge in [0.2, 0.25) is 0 Å². The lowest BCUT2D eigenvalue weighted by Crippen LogP contribution is -2.30. The normalized spacial score (nSPS) is 19.2. The predicted octanol–water partition coefficient (Wildman–Crippen LogP) is 4.15. The van der Waals surface area contributed by atoms with Crippen LogP contribution in [0.2, 0.25) is 0 Å². The van der Waals surface area contributed by atoms with Crippen molar-refractivity contribution in [3.63, 3.8) is 0 Å². The minimum atomic E-state index is 0.236. The number of rotatable bonds is 2. The van der Waals surface area contributed by atoms with Crippen LogP contribution in [-0.4, -0.2) is 17.5 Å². The Morgan fingerprint density at radius 2 is 2.10 bits per heavy atom. The van der Waals surface area contributed by atoms with Crippen molar-refractivity contribution < 1.29 is 4.74 Å². The van der Waals surface area contributed by atoms with Crippen LogP contribution >= 0.6 is 11.3 Å². The van der Waals surface area contributed by atoms with Gasteiger partial charge >= 0.3 is 0 Å². The van der Waals surface area contributed by atoms with Crippen molar-refractivity contribution in [2.45, 2.75) is 40.0 Å². The highest BCUT2D eigenvalue weighted by Gasteiger charge is 2.20. The quantitative estimate of drug-likeness (QED) is 0.823. The molecule has 1 unspecified atom stereocenters. The Balaban J connectivity index is 1.82. The van der Waals surface area contributed by atoms with E-state index in [9.17, 15) is 0 Å². The van der Waals surface area contributed by atoms with Gasteiger partial charge in [-0.3, -0.25) is 4.90 Å². The van der Waals surface area contributed by atoms with Gasteiger partial charge in [0.15, 0.2) is 0 Å². The van der Waals surface area contributed by atoms with Crippen molar-refractivity contribution in [3.8, 4) is 5.75 Å². The van der Waals surface area contributed by atoms with Crippen molar-refractivity contribution in [2.75, 3.05) is 6.54 Å². The van der Waals surface area contributed by atoms with Crippen molar-refractivity contribution in [1.82, 2.24) is 4.90 Å². The fourth-order valence-corrected chi connectivity index (χ4v) is 3.71. The van der Waals surface area contributed by atoms with E-state index in [0.717, 1.165) is 25.4 Å². The zero-order valence-corrected chi connectivity index (χ0v) is 13.2. The van der Waals surface area contributed by atoms with Crippen LogP contribution in [0.5, 0.6) is 5.75 Å². The van der Waals surface area contributed by atoms with Crippen LogP contribution in [0.3, 0.4) is 0 Å². The minimum Gasteiger partial charge on any atom is -0.489 e. The molecule has 1 aromatic carbocycles. The minimum absolute atomic E-state index is 0.236. The molecule has 20 heavy (non-hydrogen) atoms. The SMILES string of the molecule is Cc1ccc2c(c1)CN(Cc1ccc(C)s1)CC(C)O2. The Labute approximate surface area is 125 Å². The molecule has 1 aromatic heterocycles. The topological polar surface area (TPSA) is 12.5 Å². The Morgan fingerprint density at radius 1 is 1.25 bits per heavy atom. The standard InChI is InChI=1S/C17H21NOS/c1-12-4-7-17-15(8-12)10-18(9-13(2)19-17)11-16-6-5-14(3)20-16/h4-8,13H,9-11H2,1-3H3. The third-order valence-corrected chi connectivity index (χ3v) is 4.61. The number of nitrogens with zero attached hydrogens (tertiary/aromatic N) is 1. The van der Waals surface area contributed by atoms with Crippen molar-refractivity contribution in [2.24, 2.45) is 0 Å². The van der Waals surface area contributed by atoms with E-state index in [1.807, 2.05) is 11.3 Å². The summed E-state index contributed by atoms with van der Waals surface area (Å²) in [7, 11) is 0. The number of thiophene rings is 1. The van der Waals surface area contributed by atoms with Gasteiger partial charge in [0, 0.05) is 35.0 Å². The molecule has 1 aliphatic heterocycles. The number of fused-ring (bicyclic) bond motifs is 1. The molecule has 0 bridgehead atoms. The average Bonchev–Trinajstić information content (AvgIpc) is 2.70. The van der Waals surface area contributed by atoms with E-state index in [1.54, 1.807) is 0 Å². The van der Waals surface area contributed by atoms with Gasteiger partial charge < -0.3 is 4.74 Å². The zero-order chi connectivity index (χ0) is 14.1. The van der Waals surface area contributed by atoms with E-state index in [1.165, 1.54) is 20.9 Å². The van der Waals surface area contributed by atoms with Gasteiger partial charge in [-0.05, 0) is 39.0 Å². The molecule has 0 radical (unpaired) electrons. The summed E-state index contributed by atoms with van der Waals surface area (Å²) in [5, 5.41) is 0. The van der Waals surface area contributed by atoms with Crippen LogP contribution in [0.25, 0.3) is 0 Å². The maximum atomic E-state index is 6.05. The van der Waals surface area contributed by atoms with Gasteiger partial charge in [0.05, 0.1) is 0 Å². The number of hydrogen-bond acceptors (Lipinski definition) is 3. The Hall–Kier alpha value is -1.32. The Bertz CT molecular complexity index is 605. The van der Waals surface area contributed by atoms with Crippen LogP contribution in [-0.2, 0) is 13.1 Å². The van der Waals surface area contributed by atoms with E-state index in [-0.39, 0.29) is 6.10 Å². The third-order valence-electron chi connectivity index (χ3n) is 3.63. The highest BCUT2D eigenvalue weighted by Crippen LogP contribution is 2.27. The predicted molar refractivity (Wildman–Crippen MR) is 84.4 cm³/mol. The highest BCUT2D eigenvalue weighted by atomic mass is 32.1. The van der Waals surface area contributed by atoms with Crippen LogP contribution < -0.4 is 4.74 Å². The summed E-state index contributed by atoms with van der Waals surface area (Å²) in [6, 6.07) is 10.9. The second-order valence-electron chi connectivity index (χ2n) is 5.72. The monoisotopic (exact) mass is 287 g/mol. The summed E-state index contributed by atoms with van der Waals surface area (Å²) in [6.45, 7) is 9.42. The molecule has 2 nitrogen and oxygen atoms in total. The summed E-state index contributed by atoms with van der Waals surface area (Å²) >= 11 is 1.89. The molecule has 0 amide bonds. The van der Waals surface area contributed by atoms with Gasteiger partial charge in [-0.15, -0.1) is 11.3 Å². The Morgan fingerprint density at radius 3 is 2.85 bits per heavy atom. The summed E-state index contributed by atoms with van der Waals surface area (Å²) in [4.78, 5) is 5.31. The second kappa shape index (κ2) is 5.58. The van der Waals surface area contributed by atoms with Crippen LogP contribution in [0.1, 0.15) is 27.8 Å². The third kappa shape index (κ3) is 3.05. The summed E-state index contributed by atoms with van der Waals surface area (Å²) in [5.41, 5.74) is 2.61. The second-order valence-corrected chi connectivity index (χ2v) is 7.09. The molecule has 106 valence electrons. The first kappa shape index (κ1) is 13.7. The first-order valence-electron chi connectivity index (χ1n) is 7.14. The molecule has 3 rings (SSSR count). The van der Waals surface area contributed by atoms with Crippen LogP contribution in [0.4, 0.5) is 0 Å². The molecule has 3 heteroatoms.